The number of fused-ring (bicyclic) bond motifs is 4. The van der Waals surface area contributed by atoms with Crippen molar-refractivity contribution in [2.24, 2.45) is 5.92 Å². The van der Waals surface area contributed by atoms with Crippen molar-refractivity contribution >= 4 is 68.1 Å². The van der Waals surface area contributed by atoms with Crippen molar-refractivity contribution in [1.82, 2.24) is 20.6 Å². The Morgan fingerprint density at radius 1 is 1.14 bits per heavy atom. The number of aliphatic hydroxyl groups is 2. The number of aromatic amines is 1. The molecule has 1 aromatic carbocycles. The summed E-state index contributed by atoms with van der Waals surface area (Å²) in [4.78, 5) is 61.4. The smallest absolute Gasteiger partial charge is 0.411 e. The summed E-state index contributed by atoms with van der Waals surface area (Å²) in [5.74, 6) is 9.68. The molecule has 3 aliphatic rings. The molecule has 6 unspecified atom stereocenters. The third kappa shape index (κ3) is 10.4. The van der Waals surface area contributed by atoms with Crippen LogP contribution in [0.2, 0.25) is 0 Å². The fourth-order valence-corrected chi connectivity index (χ4v) is 9.58. The van der Waals surface area contributed by atoms with Gasteiger partial charge in [0.05, 0.1) is 36.4 Å². The minimum absolute atomic E-state index is 0.0492. The van der Waals surface area contributed by atoms with E-state index in [1.54, 1.807) is 37.5 Å². The number of ether oxygens (including phenoxy) is 4. The maximum atomic E-state index is 15.1. The largest absolute Gasteiger partial charge is 0.508 e. The number of benzene rings is 1. The number of phenolic OH excluding ortho intramolecular Hbond substituents is 1. The first kappa shape index (κ1) is 47.5. The van der Waals surface area contributed by atoms with Crippen LogP contribution in [0.15, 0.2) is 65.5 Å². The fraction of sp³-hybridized carbons (Fsp3) is 0.457. The standard InChI is InChI=1S/C46H52N4O11S2/c1-25(2)47-19-11-12-21-59-41-43(56)46(62-6,42(55)40-39-29(17-20-48-40)32-23-28(52)15-16-33(32)49-39)26(3)60-44(41)61-36-14-10-8-7-9-13-31-37(36)30(18-22-63-27(4)51)34(53)24-35(54)38(31)50-45(57)58-5/h7-8,15-18,20,23,25-26,34,36-37,41,43-44,47,49,52-53,56H,11-12,19,21-22,24H2,1-6H3,(H,50,57)/b8-7-,30-18-/t26?,34-,36-,37?,41?,43?,44?,46?/m0/s1. The molecular formula is C46H52N4O11S2. The lowest BCUT2D eigenvalue weighted by Gasteiger charge is -2.50. The van der Waals surface area contributed by atoms with E-state index in [4.69, 9.17) is 18.9 Å². The van der Waals surface area contributed by atoms with Gasteiger partial charge in [0.2, 0.25) is 5.78 Å². The van der Waals surface area contributed by atoms with Crippen molar-refractivity contribution in [3.05, 3.63) is 71.2 Å². The summed E-state index contributed by atoms with van der Waals surface area (Å²) in [6.45, 7) is 8.01. The van der Waals surface area contributed by atoms with Crippen LogP contribution in [-0.2, 0) is 28.5 Å². The lowest BCUT2D eigenvalue weighted by atomic mass is 9.82. The Morgan fingerprint density at radius 2 is 1.92 bits per heavy atom. The molecule has 6 N–H and O–H groups in total. The molecule has 1 fully saturated rings. The number of aliphatic hydroxyl groups excluding tert-OH is 2. The SMILES string of the molecule is COC(=O)NC1=C2C#C/C=C\C#C[C@H](OC3OC(C)C(SC)(C(=O)c4nccc5c4[nH]c4ccc(O)cc45)C(O)C3OCCCCNC(C)C)C2/C(=C\CSC(C)=O)[C@@H](O)CC1=O. The zero-order valence-corrected chi connectivity index (χ0v) is 37.5. The molecule has 0 saturated carbocycles. The number of carbonyl (C=O) groups excluding carboxylic acids is 4. The summed E-state index contributed by atoms with van der Waals surface area (Å²) in [5.41, 5.74) is 1.22. The topological polar surface area (TPSA) is 219 Å². The number of hydrogen-bond acceptors (Lipinski definition) is 15. The van der Waals surface area contributed by atoms with Gasteiger partial charge in [0.1, 0.15) is 34.5 Å². The summed E-state index contributed by atoms with van der Waals surface area (Å²) in [5, 5.41) is 41.7. The number of hydrogen-bond donors (Lipinski definition) is 6. The van der Waals surface area contributed by atoms with Crippen LogP contribution < -0.4 is 10.6 Å². The molecule has 0 radical (unpaired) electrons. The number of methoxy groups -OCH3 is 1. The molecule has 1 aliphatic heterocycles. The number of nitrogens with one attached hydrogen (secondary N) is 3. The van der Waals surface area contributed by atoms with Crippen LogP contribution in [0.4, 0.5) is 4.79 Å². The molecule has 0 bridgehead atoms. The summed E-state index contributed by atoms with van der Waals surface area (Å²) < 4.78 is 23.1. The first-order chi connectivity index (χ1) is 30.2. The monoisotopic (exact) mass is 900 g/mol. The molecule has 3 aromatic rings. The van der Waals surface area contributed by atoms with Crippen LogP contribution in [0.25, 0.3) is 21.8 Å². The van der Waals surface area contributed by atoms with Gasteiger partial charge in [-0.3, -0.25) is 24.7 Å². The normalized spacial score (nSPS) is 27.0. The molecule has 6 rings (SSSR count). The highest BCUT2D eigenvalue weighted by molar-refractivity contribution is 8.13. The quantitative estimate of drug-likeness (QED) is 0.0527. The maximum absolute atomic E-state index is 15.1. The Hall–Kier alpha value is -4.95. The van der Waals surface area contributed by atoms with Gasteiger partial charge in [0.25, 0.3) is 0 Å². The van der Waals surface area contributed by atoms with Gasteiger partial charge in [0, 0.05) is 59.8 Å². The van der Waals surface area contributed by atoms with Crippen LogP contribution in [0.3, 0.4) is 0 Å². The molecule has 2 aliphatic carbocycles. The van der Waals surface area contributed by atoms with Crippen LogP contribution in [0.5, 0.6) is 5.75 Å². The van der Waals surface area contributed by atoms with Gasteiger partial charge in [-0.25, -0.2) is 4.79 Å². The number of unbranched alkanes of at least 4 members (excludes halogenated alkanes) is 1. The number of aromatic hydroxyl groups is 1. The molecule has 17 heteroatoms. The van der Waals surface area contributed by atoms with Gasteiger partial charge in [-0.05, 0) is 74.6 Å². The average molecular weight is 901 g/mol. The number of carbonyl (C=O) groups is 4. The molecule has 0 spiro atoms. The Balaban J connectivity index is 1.45. The number of phenols is 1. The van der Waals surface area contributed by atoms with Crippen LogP contribution in [0.1, 0.15) is 57.4 Å². The van der Waals surface area contributed by atoms with Crippen LogP contribution in [-0.4, -0.2) is 128 Å². The second kappa shape index (κ2) is 21.2. The molecule has 8 atom stereocenters. The van der Waals surface area contributed by atoms with Crippen molar-refractivity contribution < 1.29 is 53.4 Å². The minimum Gasteiger partial charge on any atom is -0.508 e. The lowest BCUT2D eigenvalue weighted by molar-refractivity contribution is -0.288. The van der Waals surface area contributed by atoms with Gasteiger partial charge >= 0.3 is 6.09 Å². The van der Waals surface area contributed by atoms with Gasteiger partial charge in [-0.2, -0.15) is 0 Å². The summed E-state index contributed by atoms with van der Waals surface area (Å²) >= 11 is 2.08. The van der Waals surface area contributed by atoms with Crippen LogP contribution in [0, 0.1) is 29.6 Å². The number of alkyl carbamates (subject to hydrolysis) is 1. The minimum atomic E-state index is -1.70. The predicted molar refractivity (Wildman–Crippen MR) is 241 cm³/mol. The second-order valence-corrected chi connectivity index (χ2v) is 17.8. The van der Waals surface area contributed by atoms with E-state index < -0.39 is 71.6 Å². The number of thioether (sulfide) groups is 2. The average Bonchev–Trinajstić information content (AvgIpc) is 3.62. The highest BCUT2D eigenvalue weighted by Gasteiger charge is 2.60. The summed E-state index contributed by atoms with van der Waals surface area (Å²) in [6.07, 6.45) is -0.390. The number of amides is 1. The third-order valence-electron chi connectivity index (χ3n) is 11.1. The van der Waals surface area contributed by atoms with E-state index in [0.717, 1.165) is 43.6 Å². The van der Waals surface area contributed by atoms with E-state index in [2.05, 4.69) is 44.3 Å². The second-order valence-electron chi connectivity index (χ2n) is 15.5. The van der Waals surface area contributed by atoms with Crippen LogP contribution >= 0.6 is 23.5 Å². The number of pyridine rings is 1. The van der Waals surface area contributed by atoms with Crippen molar-refractivity contribution in [2.75, 3.05) is 32.3 Å². The Labute approximate surface area is 374 Å². The van der Waals surface area contributed by atoms with Gasteiger partial charge in [0.15, 0.2) is 17.2 Å². The van der Waals surface area contributed by atoms with Crippen molar-refractivity contribution in [3.8, 4) is 29.4 Å². The summed E-state index contributed by atoms with van der Waals surface area (Å²) in [6, 6.07) is 6.86. The molecule has 1 saturated heterocycles. The molecule has 334 valence electrons. The van der Waals surface area contributed by atoms with Crippen molar-refractivity contribution in [2.45, 2.75) is 94.6 Å². The number of ketones is 2. The Morgan fingerprint density at radius 3 is 2.65 bits per heavy atom. The first-order valence-corrected chi connectivity index (χ1v) is 22.8. The molecule has 3 heterocycles. The Bertz CT molecular complexity index is 2460. The number of rotatable bonds is 15. The van der Waals surface area contributed by atoms with E-state index in [1.165, 1.54) is 31.3 Å². The highest BCUT2D eigenvalue weighted by Crippen LogP contribution is 2.45. The van der Waals surface area contributed by atoms with E-state index in [-0.39, 0.29) is 51.8 Å². The molecule has 2 aromatic heterocycles. The zero-order valence-electron chi connectivity index (χ0n) is 35.9. The lowest BCUT2D eigenvalue weighted by Crippen LogP contribution is -2.68. The van der Waals surface area contributed by atoms with E-state index in [9.17, 15) is 29.7 Å². The summed E-state index contributed by atoms with van der Waals surface area (Å²) in [7, 11) is 1.14. The first-order valence-electron chi connectivity index (χ1n) is 20.6. The predicted octanol–water partition coefficient (Wildman–Crippen LogP) is 4.70. The fourth-order valence-electron chi connectivity index (χ4n) is 8.02. The number of aromatic nitrogens is 2. The van der Waals surface area contributed by atoms with Crippen molar-refractivity contribution in [3.63, 3.8) is 0 Å². The Kier molecular flexibility index (Phi) is 16.0. The van der Waals surface area contributed by atoms with Gasteiger partial charge in [-0.1, -0.05) is 55.4 Å². The highest BCUT2D eigenvalue weighted by atomic mass is 32.2. The van der Waals surface area contributed by atoms with Gasteiger partial charge in [-0.15, -0.1) is 11.8 Å². The molecule has 63 heavy (non-hydrogen) atoms. The molecular weight excluding hydrogens is 849 g/mol. The number of H-pyrrole nitrogens is 1. The van der Waals surface area contributed by atoms with Gasteiger partial charge < -0.3 is 44.6 Å². The van der Waals surface area contributed by atoms with E-state index >= 15 is 4.79 Å². The zero-order chi connectivity index (χ0) is 45.4. The number of Topliss-reactive ketones (excluding diaryl/α,β-unsaturated/α-hetero) is 2. The molecule has 15 nitrogen and oxygen atoms in total. The van der Waals surface area contributed by atoms with E-state index in [1.807, 2.05) is 13.8 Å². The number of allylic oxidation sites excluding steroid dienone is 3. The third-order valence-corrected chi connectivity index (χ3v) is 13.2. The maximum Gasteiger partial charge on any atom is 0.411 e. The van der Waals surface area contributed by atoms with E-state index in [0.29, 0.717) is 28.2 Å². The molecule has 1 amide bonds. The number of nitrogens with zero attached hydrogens (tertiary/aromatic N) is 1. The van der Waals surface area contributed by atoms with Crippen molar-refractivity contribution in [1.29, 1.82) is 0 Å².